The monoisotopic (exact) mass is 327 g/mol. The Morgan fingerprint density at radius 3 is 2.57 bits per heavy atom. The Hall–Kier alpha value is -1.78. The highest BCUT2D eigenvalue weighted by Crippen LogP contribution is 2.29. The van der Waals surface area contributed by atoms with Gasteiger partial charge in [0.25, 0.3) is 0 Å². The number of hydrogen-bond acceptors (Lipinski definition) is 2. The van der Waals surface area contributed by atoms with Gasteiger partial charge in [-0.1, -0.05) is 29.3 Å². The molecule has 0 fully saturated rings. The SMILES string of the molecule is CC(Nc1ccc(F)cc1C(=O)O)c1ccc(Cl)cc1Cl. The molecule has 21 heavy (non-hydrogen) atoms. The molecule has 0 aromatic heterocycles. The van der Waals surface area contributed by atoms with Gasteiger partial charge in [-0.15, -0.1) is 0 Å². The van der Waals surface area contributed by atoms with Gasteiger partial charge in [0.15, 0.2) is 0 Å². The van der Waals surface area contributed by atoms with Crippen LogP contribution in [0.25, 0.3) is 0 Å². The Labute approximate surface area is 131 Å². The Morgan fingerprint density at radius 2 is 1.95 bits per heavy atom. The molecule has 6 heteroatoms. The lowest BCUT2D eigenvalue weighted by molar-refractivity contribution is 0.0697. The van der Waals surface area contributed by atoms with Gasteiger partial charge in [-0.05, 0) is 42.8 Å². The summed E-state index contributed by atoms with van der Waals surface area (Å²) in [5.41, 5.74) is 0.955. The quantitative estimate of drug-likeness (QED) is 0.830. The van der Waals surface area contributed by atoms with Crippen molar-refractivity contribution in [3.05, 3.63) is 63.4 Å². The highest BCUT2D eigenvalue weighted by atomic mass is 35.5. The van der Waals surface area contributed by atoms with Crippen molar-refractivity contribution in [1.82, 2.24) is 0 Å². The number of anilines is 1. The first-order valence-corrected chi connectivity index (χ1v) is 6.88. The first-order valence-electron chi connectivity index (χ1n) is 6.13. The van der Waals surface area contributed by atoms with Crippen LogP contribution in [0.1, 0.15) is 28.9 Å². The van der Waals surface area contributed by atoms with Gasteiger partial charge < -0.3 is 10.4 Å². The maximum Gasteiger partial charge on any atom is 0.337 e. The molecule has 0 aliphatic rings. The number of rotatable bonds is 4. The van der Waals surface area contributed by atoms with Gasteiger partial charge in [-0.2, -0.15) is 0 Å². The van der Waals surface area contributed by atoms with E-state index in [9.17, 15) is 9.18 Å². The fourth-order valence-corrected chi connectivity index (χ4v) is 2.56. The van der Waals surface area contributed by atoms with Crippen LogP contribution >= 0.6 is 23.2 Å². The molecule has 0 spiro atoms. The smallest absolute Gasteiger partial charge is 0.337 e. The number of carbonyl (C=O) groups is 1. The molecule has 2 aromatic carbocycles. The van der Waals surface area contributed by atoms with Crippen LogP contribution in [0.2, 0.25) is 10.0 Å². The summed E-state index contributed by atoms with van der Waals surface area (Å²) in [6, 6.07) is 8.36. The first kappa shape index (κ1) is 15.6. The second-order valence-corrected chi connectivity index (χ2v) is 5.37. The fourth-order valence-electron chi connectivity index (χ4n) is 1.98. The average molecular weight is 328 g/mol. The normalized spacial score (nSPS) is 12.0. The van der Waals surface area contributed by atoms with Gasteiger partial charge >= 0.3 is 5.97 Å². The molecule has 2 rings (SSSR count). The molecule has 1 unspecified atom stereocenters. The third-order valence-corrected chi connectivity index (χ3v) is 3.58. The summed E-state index contributed by atoms with van der Waals surface area (Å²) in [6.45, 7) is 1.82. The Kier molecular flexibility index (Phi) is 4.70. The zero-order chi connectivity index (χ0) is 15.6. The second-order valence-electron chi connectivity index (χ2n) is 4.53. The van der Waals surface area contributed by atoms with Crippen LogP contribution in [0.3, 0.4) is 0 Å². The lowest BCUT2D eigenvalue weighted by atomic mass is 10.1. The van der Waals surface area contributed by atoms with Crippen molar-refractivity contribution in [2.75, 3.05) is 5.32 Å². The van der Waals surface area contributed by atoms with Gasteiger partial charge in [-0.3, -0.25) is 0 Å². The molecule has 2 N–H and O–H groups in total. The molecule has 0 saturated carbocycles. The molecule has 0 radical (unpaired) electrons. The molecule has 2 aromatic rings. The number of benzene rings is 2. The second kappa shape index (κ2) is 6.33. The highest BCUT2D eigenvalue weighted by Gasteiger charge is 2.15. The number of carboxylic acid groups (broad SMARTS) is 1. The van der Waals surface area contributed by atoms with Crippen LogP contribution in [0.4, 0.5) is 10.1 Å². The summed E-state index contributed by atoms with van der Waals surface area (Å²) >= 11 is 12.0. The molecule has 0 aliphatic carbocycles. The minimum absolute atomic E-state index is 0.132. The molecule has 1 atom stereocenters. The van der Waals surface area contributed by atoms with Crippen LogP contribution < -0.4 is 5.32 Å². The van der Waals surface area contributed by atoms with Crippen LogP contribution in [-0.2, 0) is 0 Å². The van der Waals surface area contributed by atoms with Crippen molar-refractivity contribution in [3.63, 3.8) is 0 Å². The highest BCUT2D eigenvalue weighted by molar-refractivity contribution is 6.35. The molecule has 0 amide bonds. The van der Waals surface area contributed by atoms with E-state index in [1.165, 1.54) is 12.1 Å². The largest absolute Gasteiger partial charge is 0.478 e. The molecule has 0 heterocycles. The zero-order valence-electron chi connectivity index (χ0n) is 11.0. The lowest BCUT2D eigenvalue weighted by Gasteiger charge is -2.18. The van der Waals surface area contributed by atoms with Gasteiger partial charge in [0.2, 0.25) is 0 Å². The van der Waals surface area contributed by atoms with Gasteiger partial charge in [0.05, 0.1) is 11.6 Å². The summed E-state index contributed by atoms with van der Waals surface area (Å²) in [7, 11) is 0. The topological polar surface area (TPSA) is 49.3 Å². The molecule has 3 nitrogen and oxygen atoms in total. The predicted molar refractivity (Wildman–Crippen MR) is 81.9 cm³/mol. The van der Waals surface area contributed by atoms with Gasteiger partial charge in [-0.25, -0.2) is 9.18 Å². The predicted octanol–water partition coefficient (Wildman–Crippen LogP) is 5.00. The summed E-state index contributed by atoms with van der Waals surface area (Å²) < 4.78 is 13.1. The van der Waals surface area contributed by atoms with Crippen molar-refractivity contribution < 1.29 is 14.3 Å². The van der Waals surface area contributed by atoms with Crippen molar-refractivity contribution >= 4 is 34.9 Å². The Balaban J connectivity index is 2.31. The Morgan fingerprint density at radius 1 is 1.24 bits per heavy atom. The van der Waals surface area contributed by atoms with E-state index in [2.05, 4.69) is 5.32 Å². The lowest BCUT2D eigenvalue weighted by Crippen LogP contribution is -2.11. The van der Waals surface area contributed by atoms with Crippen molar-refractivity contribution in [2.24, 2.45) is 0 Å². The third-order valence-electron chi connectivity index (χ3n) is 3.01. The average Bonchev–Trinajstić information content (AvgIpc) is 2.40. The first-order chi connectivity index (χ1) is 9.88. The van der Waals surface area contributed by atoms with E-state index in [1.807, 2.05) is 6.92 Å². The van der Waals surface area contributed by atoms with E-state index in [-0.39, 0.29) is 11.6 Å². The minimum Gasteiger partial charge on any atom is -0.478 e. The van der Waals surface area contributed by atoms with Gasteiger partial charge in [0.1, 0.15) is 5.82 Å². The molecule has 110 valence electrons. The minimum atomic E-state index is -1.20. The molecule has 0 aliphatic heterocycles. The Bertz CT molecular complexity index is 691. The molecular weight excluding hydrogens is 316 g/mol. The van der Waals surface area contributed by atoms with E-state index < -0.39 is 11.8 Å². The molecule has 0 saturated heterocycles. The fraction of sp³-hybridized carbons (Fsp3) is 0.133. The number of carboxylic acids is 1. The van der Waals surface area contributed by atoms with Crippen LogP contribution in [-0.4, -0.2) is 11.1 Å². The number of nitrogens with one attached hydrogen (secondary N) is 1. The van der Waals surface area contributed by atoms with Crippen LogP contribution in [0.5, 0.6) is 0 Å². The van der Waals surface area contributed by atoms with E-state index in [0.717, 1.165) is 11.6 Å². The van der Waals surface area contributed by atoms with E-state index in [1.54, 1.807) is 18.2 Å². The van der Waals surface area contributed by atoms with Crippen molar-refractivity contribution in [1.29, 1.82) is 0 Å². The van der Waals surface area contributed by atoms with Crippen molar-refractivity contribution in [3.8, 4) is 0 Å². The van der Waals surface area contributed by atoms with Crippen LogP contribution in [0.15, 0.2) is 36.4 Å². The molecular formula is C15H12Cl2FNO2. The standard InChI is InChI=1S/C15H12Cl2FNO2/c1-8(11-4-2-9(16)6-13(11)17)19-14-5-3-10(18)7-12(14)15(20)21/h2-8,19H,1H3,(H,20,21). The summed E-state index contributed by atoms with van der Waals surface area (Å²) in [4.78, 5) is 11.2. The summed E-state index contributed by atoms with van der Waals surface area (Å²) in [5, 5.41) is 13.1. The molecule has 0 bridgehead atoms. The number of hydrogen-bond donors (Lipinski definition) is 2. The number of aromatic carboxylic acids is 1. The number of halogens is 3. The van der Waals surface area contributed by atoms with Gasteiger partial charge in [0, 0.05) is 15.7 Å². The third kappa shape index (κ3) is 3.65. The van der Waals surface area contributed by atoms with E-state index in [4.69, 9.17) is 28.3 Å². The zero-order valence-corrected chi connectivity index (χ0v) is 12.5. The van der Waals surface area contributed by atoms with Crippen LogP contribution in [0, 0.1) is 5.82 Å². The van der Waals surface area contributed by atoms with E-state index >= 15 is 0 Å². The summed E-state index contributed by atoms with van der Waals surface area (Å²) in [5.74, 6) is -1.80. The maximum absolute atomic E-state index is 13.1. The van der Waals surface area contributed by atoms with Crippen molar-refractivity contribution in [2.45, 2.75) is 13.0 Å². The van der Waals surface area contributed by atoms with E-state index in [0.29, 0.717) is 15.7 Å². The summed E-state index contributed by atoms with van der Waals surface area (Å²) in [6.07, 6.45) is 0. The maximum atomic E-state index is 13.1.